The van der Waals surface area contributed by atoms with Crippen LogP contribution >= 0.6 is 0 Å². The Labute approximate surface area is 147 Å². The number of carbonyl (C=O) groups is 1. The number of hydrogen-bond acceptors (Lipinski definition) is 4. The number of rotatable bonds is 7. The lowest BCUT2D eigenvalue weighted by Crippen LogP contribution is -2.30. The van der Waals surface area contributed by atoms with E-state index in [9.17, 15) is 18.4 Å². The van der Waals surface area contributed by atoms with Gasteiger partial charge in [0.25, 0.3) is 5.91 Å². The summed E-state index contributed by atoms with van der Waals surface area (Å²) in [5.74, 6) is -0.305. The Morgan fingerprint density at radius 2 is 1.64 bits per heavy atom. The van der Waals surface area contributed by atoms with E-state index in [-0.39, 0.29) is 17.3 Å². The normalized spacial score (nSPS) is 11.5. The quantitative estimate of drug-likeness (QED) is 0.592. The summed E-state index contributed by atoms with van der Waals surface area (Å²) in [7, 11) is -3.48. The molecule has 0 aliphatic carbocycles. The Hall–Kier alpha value is -2.45. The summed E-state index contributed by atoms with van der Waals surface area (Å²) < 4.78 is 26.8. The number of pyridine rings is 1. The summed E-state index contributed by atoms with van der Waals surface area (Å²) in [6, 6.07) is 9.29. The number of hydrogen-bond donors (Lipinski definition) is 1. The standard InChI is InChI=1S/C17H21N3O4S/c1-3-20(4-2)25(23,24)16-7-5-14(6-8-16)13-18-17(21)15-9-11-19(22)12-10-15/h5-12H,3-4,13H2,1-2H3,(H,18,21). The van der Waals surface area contributed by atoms with E-state index in [4.69, 9.17) is 0 Å². The lowest BCUT2D eigenvalue weighted by atomic mass is 10.2. The van der Waals surface area contributed by atoms with Gasteiger partial charge in [0.15, 0.2) is 12.4 Å². The first kappa shape index (κ1) is 18.9. The molecule has 0 spiro atoms. The van der Waals surface area contributed by atoms with E-state index >= 15 is 0 Å². The van der Waals surface area contributed by atoms with Gasteiger partial charge in [-0.2, -0.15) is 9.04 Å². The molecule has 0 fully saturated rings. The third kappa shape index (κ3) is 4.55. The second-order valence-corrected chi connectivity index (χ2v) is 7.30. The Bertz CT molecular complexity index is 814. The first-order valence-electron chi connectivity index (χ1n) is 7.94. The first-order valence-corrected chi connectivity index (χ1v) is 9.38. The number of nitrogens with zero attached hydrogens (tertiary/aromatic N) is 2. The van der Waals surface area contributed by atoms with Crippen molar-refractivity contribution in [2.24, 2.45) is 0 Å². The highest BCUT2D eigenvalue weighted by atomic mass is 32.2. The van der Waals surface area contributed by atoms with Crippen LogP contribution in [0.25, 0.3) is 0 Å². The van der Waals surface area contributed by atoms with E-state index in [0.29, 0.717) is 23.4 Å². The molecule has 0 unspecified atom stereocenters. The highest BCUT2D eigenvalue weighted by Gasteiger charge is 2.21. The highest BCUT2D eigenvalue weighted by Crippen LogP contribution is 2.16. The second-order valence-electron chi connectivity index (χ2n) is 5.36. The van der Waals surface area contributed by atoms with Crippen molar-refractivity contribution in [3.63, 3.8) is 0 Å². The number of sulfonamides is 1. The highest BCUT2D eigenvalue weighted by molar-refractivity contribution is 7.89. The maximum atomic E-state index is 12.4. The topological polar surface area (TPSA) is 93.4 Å². The van der Waals surface area contributed by atoms with Crippen molar-refractivity contribution in [3.8, 4) is 0 Å². The van der Waals surface area contributed by atoms with Crippen LogP contribution in [0.3, 0.4) is 0 Å². The number of amides is 1. The van der Waals surface area contributed by atoms with Gasteiger partial charge in [-0.25, -0.2) is 8.42 Å². The minimum Gasteiger partial charge on any atom is -0.619 e. The van der Waals surface area contributed by atoms with Crippen LogP contribution in [0, 0.1) is 5.21 Å². The van der Waals surface area contributed by atoms with E-state index in [1.165, 1.54) is 41.0 Å². The van der Waals surface area contributed by atoms with Gasteiger partial charge < -0.3 is 10.5 Å². The molecular formula is C17H21N3O4S. The molecule has 25 heavy (non-hydrogen) atoms. The Kier molecular flexibility index (Phi) is 6.11. The van der Waals surface area contributed by atoms with Gasteiger partial charge in [-0.15, -0.1) is 0 Å². The molecule has 1 heterocycles. The smallest absolute Gasteiger partial charge is 0.252 e. The minimum atomic E-state index is -3.48. The van der Waals surface area contributed by atoms with E-state index in [1.807, 2.05) is 0 Å². The van der Waals surface area contributed by atoms with Crippen LogP contribution in [0.1, 0.15) is 29.8 Å². The lowest BCUT2D eigenvalue weighted by Gasteiger charge is -2.18. The molecular weight excluding hydrogens is 342 g/mol. The summed E-state index contributed by atoms with van der Waals surface area (Å²) in [6.45, 7) is 4.68. The van der Waals surface area contributed by atoms with Crippen molar-refractivity contribution < 1.29 is 17.9 Å². The predicted octanol–water partition coefficient (Wildman–Crippen LogP) is 1.28. The third-order valence-electron chi connectivity index (χ3n) is 3.78. The van der Waals surface area contributed by atoms with Crippen molar-refractivity contribution in [2.45, 2.75) is 25.3 Å². The van der Waals surface area contributed by atoms with Gasteiger partial charge in [0, 0.05) is 31.8 Å². The van der Waals surface area contributed by atoms with Crippen LogP contribution in [0.4, 0.5) is 0 Å². The Morgan fingerprint density at radius 1 is 1.08 bits per heavy atom. The van der Waals surface area contributed by atoms with Gasteiger partial charge in [-0.3, -0.25) is 4.79 Å². The third-order valence-corrected chi connectivity index (χ3v) is 5.85. The molecule has 1 N–H and O–H groups in total. The fraction of sp³-hybridized carbons (Fsp3) is 0.294. The fourth-order valence-electron chi connectivity index (χ4n) is 2.34. The molecule has 2 aromatic rings. The van der Waals surface area contributed by atoms with Crippen molar-refractivity contribution in [1.29, 1.82) is 0 Å². The summed E-state index contributed by atoms with van der Waals surface area (Å²) in [5.41, 5.74) is 1.16. The van der Waals surface area contributed by atoms with Crippen molar-refractivity contribution in [2.75, 3.05) is 13.1 Å². The number of nitrogens with one attached hydrogen (secondary N) is 1. The second kappa shape index (κ2) is 8.09. The predicted molar refractivity (Wildman–Crippen MR) is 93.1 cm³/mol. The lowest BCUT2D eigenvalue weighted by molar-refractivity contribution is -0.605. The van der Waals surface area contributed by atoms with Crippen molar-refractivity contribution >= 4 is 15.9 Å². The zero-order valence-corrected chi connectivity index (χ0v) is 15.0. The van der Waals surface area contributed by atoms with Gasteiger partial charge in [-0.05, 0) is 17.7 Å². The van der Waals surface area contributed by atoms with E-state index < -0.39 is 10.0 Å². The molecule has 0 saturated carbocycles. The molecule has 0 radical (unpaired) electrons. The number of benzene rings is 1. The van der Waals surface area contributed by atoms with E-state index in [0.717, 1.165) is 5.56 Å². The zero-order valence-electron chi connectivity index (χ0n) is 14.2. The van der Waals surface area contributed by atoms with E-state index in [2.05, 4.69) is 5.32 Å². The summed E-state index contributed by atoms with van der Waals surface area (Å²) in [4.78, 5) is 12.2. The molecule has 0 bridgehead atoms. The van der Waals surface area contributed by atoms with E-state index in [1.54, 1.807) is 26.0 Å². The molecule has 0 atom stereocenters. The molecule has 1 aromatic carbocycles. The SMILES string of the molecule is CCN(CC)S(=O)(=O)c1ccc(CNC(=O)c2cc[n+]([O-])cc2)cc1. The molecule has 1 aromatic heterocycles. The number of aromatic nitrogens is 1. The van der Waals surface area contributed by atoms with Crippen LogP contribution in [0.15, 0.2) is 53.7 Å². The molecule has 7 nitrogen and oxygen atoms in total. The van der Waals surface area contributed by atoms with Crippen LogP contribution < -0.4 is 10.0 Å². The maximum Gasteiger partial charge on any atom is 0.252 e. The molecule has 0 aliphatic rings. The van der Waals surface area contributed by atoms with Crippen molar-refractivity contribution in [3.05, 3.63) is 65.1 Å². The summed E-state index contributed by atoms with van der Waals surface area (Å²) in [6.07, 6.45) is 2.50. The van der Waals surface area contributed by atoms with Crippen LogP contribution in [0.5, 0.6) is 0 Å². The van der Waals surface area contributed by atoms with Gasteiger partial charge in [-0.1, -0.05) is 26.0 Å². The molecule has 2 rings (SSSR count). The molecule has 1 amide bonds. The van der Waals surface area contributed by atoms with Gasteiger partial charge in [0.1, 0.15) is 0 Å². The monoisotopic (exact) mass is 363 g/mol. The minimum absolute atomic E-state index is 0.231. The average Bonchev–Trinajstić information content (AvgIpc) is 2.61. The van der Waals surface area contributed by atoms with Crippen LogP contribution in [-0.4, -0.2) is 31.7 Å². The van der Waals surface area contributed by atoms with Gasteiger partial charge in [0.05, 0.1) is 10.5 Å². The Balaban J connectivity index is 2.03. The molecule has 0 saturated heterocycles. The first-order chi connectivity index (χ1) is 11.9. The largest absolute Gasteiger partial charge is 0.619 e. The zero-order chi connectivity index (χ0) is 18.4. The maximum absolute atomic E-state index is 12.4. The Morgan fingerprint density at radius 3 is 2.16 bits per heavy atom. The number of carbonyl (C=O) groups excluding carboxylic acids is 1. The average molecular weight is 363 g/mol. The van der Waals surface area contributed by atoms with Gasteiger partial charge in [0.2, 0.25) is 10.0 Å². The fourth-order valence-corrected chi connectivity index (χ4v) is 3.80. The molecule has 0 aliphatic heterocycles. The van der Waals surface area contributed by atoms with Crippen molar-refractivity contribution in [1.82, 2.24) is 9.62 Å². The van der Waals surface area contributed by atoms with Crippen LogP contribution in [0.2, 0.25) is 0 Å². The molecule has 8 heteroatoms. The molecule has 134 valence electrons. The van der Waals surface area contributed by atoms with Gasteiger partial charge >= 0.3 is 0 Å². The van der Waals surface area contributed by atoms with Crippen LogP contribution in [-0.2, 0) is 16.6 Å². The summed E-state index contributed by atoms with van der Waals surface area (Å²) >= 11 is 0. The summed E-state index contributed by atoms with van der Waals surface area (Å²) in [5, 5.41) is 13.7.